The molecule has 0 radical (unpaired) electrons. The van der Waals surface area contributed by atoms with E-state index in [1.54, 1.807) is 43.3 Å². The van der Waals surface area contributed by atoms with E-state index in [9.17, 15) is 18.4 Å². The van der Waals surface area contributed by atoms with Crippen molar-refractivity contribution in [3.05, 3.63) is 95.6 Å². The molecule has 2 N–H and O–H groups in total. The summed E-state index contributed by atoms with van der Waals surface area (Å²) in [6.45, 7) is 1.95. The minimum Gasteiger partial charge on any atom is -0.489 e. The van der Waals surface area contributed by atoms with E-state index in [4.69, 9.17) is 4.74 Å². The van der Waals surface area contributed by atoms with Crippen LogP contribution in [0.2, 0.25) is 0 Å². The van der Waals surface area contributed by atoms with Gasteiger partial charge in [0.1, 0.15) is 24.0 Å². The number of anilines is 1. The van der Waals surface area contributed by atoms with E-state index >= 15 is 0 Å². The number of carbonyl (C=O) groups excluding carboxylic acids is 2. The fraction of sp³-hybridized carbons (Fsp3) is 0.0870. The number of benzene rings is 3. The van der Waals surface area contributed by atoms with Gasteiger partial charge in [0.25, 0.3) is 0 Å². The average Bonchev–Trinajstić information content (AvgIpc) is 2.78. The number of carbonyl (C=O) groups is 2. The van der Waals surface area contributed by atoms with Crippen molar-refractivity contribution in [2.45, 2.75) is 13.5 Å². The summed E-state index contributed by atoms with van der Waals surface area (Å²) >= 11 is 0. The van der Waals surface area contributed by atoms with Crippen molar-refractivity contribution in [1.82, 2.24) is 5.43 Å². The number of nitrogens with zero attached hydrogens (tertiary/aromatic N) is 1. The van der Waals surface area contributed by atoms with Crippen molar-refractivity contribution in [3.8, 4) is 5.75 Å². The zero-order chi connectivity index (χ0) is 22.2. The second-order valence-electron chi connectivity index (χ2n) is 6.51. The minimum absolute atomic E-state index is 0.0976. The first kappa shape index (κ1) is 21.6. The maximum atomic E-state index is 13.5. The summed E-state index contributed by atoms with van der Waals surface area (Å²) in [6.07, 6.45) is 0. The van der Waals surface area contributed by atoms with Gasteiger partial charge in [-0.15, -0.1) is 0 Å². The average molecular weight is 423 g/mol. The van der Waals surface area contributed by atoms with Crippen molar-refractivity contribution in [1.29, 1.82) is 0 Å². The molecular formula is C23H19F2N3O3. The van der Waals surface area contributed by atoms with Crippen LogP contribution in [0.15, 0.2) is 77.9 Å². The molecule has 0 fully saturated rings. The molecule has 3 aromatic rings. The topological polar surface area (TPSA) is 79.8 Å². The van der Waals surface area contributed by atoms with Crippen molar-refractivity contribution < 1.29 is 23.1 Å². The first-order chi connectivity index (χ1) is 14.9. The molecule has 3 aromatic carbocycles. The molecule has 0 heterocycles. The maximum absolute atomic E-state index is 13.5. The second kappa shape index (κ2) is 10.1. The number of ether oxygens (including phenoxy) is 1. The van der Waals surface area contributed by atoms with E-state index in [2.05, 4.69) is 15.8 Å². The number of halogens is 2. The van der Waals surface area contributed by atoms with Crippen LogP contribution in [0.25, 0.3) is 0 Å². The Morgan fingerprint density at radius 2 is 1.58 bits per heavy atom. The van der Waals surface area contributed by atoms with Gasteiger partial charge in [0.15, 0.2) is 0 Å². The SMILES string of the molecule is CC(=NNC(=O)C(=O)Nc1ccccc1F)c1ccc(OCc2ccc(F)cc2)cc1. The van der Waals surface area contributed by atoms with Crippen LogP contribution in [-0.2, 0) is 16.2 Å². The summed E-state index contributed by atoms with van der Waals surface area (Å²) in [5.41, 5.74) is 4.03. The van der Waals surface area contributed by atoms with E-state index in [0.717, 1.165) is 5.56 Å². The molecule has 0 aromatic heterocycles. The highest BCUT2D eigenvalue weighted by Crippen LogP contribution is 2.15. The van der Waals surface area contributed by atoms with Gasteiger partial charge >= 0.3 is 11.8 Å². The summed E-state index contributed by atoms with van der Waals surface area (Å²) in [7, 11) is 0. The molecule has 0 spiro atoms. The number of nitrogens with one attached hydrogen (secondary N) is 2. The van der Waals surface area contributed by atoms with Gasteiger partial charge in [0.05, 0.1) is 11.4 Å². The zero-order valence-electron chi connectivity index (χ0n) is 16.6. The molecule has 0 saturated carbocycles. The number of hydrogen-bond acceptors (Lipinski definition) is 4. The molecule has 0 aliphatic rings. The van der Waals surface area contributed by atoms with E-state index in [1.165, 1.54) is 36.4 Å². The van der Waals surface area contributed by atoms with Crippen molar-refractivity contribution in [2.24, 2.45) is 5.10 Å². The fourth-order valence-electron chi connectivity index (χ4n) is 2.53. The third-order valence-electron chi connectivity index (χ3n) is 4.24. The monoisotopic (exact) mass is 423 g/mol. The smallest absolute Gasteiger partial charge is 0.329 e. The molecule has 0 aliphatic carbocycles. The van der Waals surface area contributed by atoms with Gasteiger partial charge in [-0.25, -0.2) is 14.2 Å². The Hall–Kier alpha value is -4.07. The molecule has 0 unspecified atom stereocenters. The normalized spacial score (nSPS) is 11.0. The van der Waals surface area contributed by atoms with Crippen LogP contribution in [0.4, 0.5) is 14.5 Å². The van der Waals surface area contributed by atoms with Crippen LogP contribution >= 0.6 is 0 Å². The standard InChI is InChI=1S/C23H19F2N3O3/c1-15(27-28-23(30)22(29)26-21-5-3-2-4-20(21)25)17-8-12-19(13-9-17)31-14-16-6-10-18(24)11-7-16/h2-13H,14H2,1H3,(H,26,29)(H,28,30). The molecule has 0 aliphatic heterocycles. The van der Waals surface area contributed by atoms with Crippen LogP contribution in [0.1, 0.15) is 18.1 Å². The van der Waals surface area contributed by atoms with Crippen molar-refractivity contribution >= 4 is 23.2 Å². The molecular weight excluding hydrogens is 404 g/mol. The summed E-state index contributed by atoms with van der Waals surface area (Å²) in [5, 5.41) is 6.08. The molecule has 0 saturated heterocycles. The lowest BCUT2D eigenvalue weighted by atomic mass is 10.1. The number of hydrogen-bond donors (Lipinski definition) is 2. The maximum Gasteiger partial charge on any atom is 0.329 e. The van der Waals surface area contributed by atoms with Gasteiger partial charge in [-0.3, -0.25) is 9.59 Å². The minimum atomic E-state index is -1.04. The lowest BCUT2D eigenvalue weighted by molar-refractivity contribution is -0.136. The van der Waals surface area contributed by atoms with E-state index in [0.29, 0.717) is 23.6 Å². The highest BCUT2D eigenvalue weighted by atomic mass is 19.1. The van der Waals surface area contributed by atoms with Gasteiger partial charge < -0.3 is 10.1 Å². The Bertz CT molecular complexity index is 1100. The van der Waals surface area contributed by atoms with Gasteiger partial charge in [-0.1, -0.05) is 24.3 Å². The molecule has 2 amide bonds. The zero-order valence-corrected chi connectivity index (χ0v) is 16.6. The first-order valence-corrected chi connectivity index (χ1v) is 9.30. The highest BCUT2D eigenvalue weighted by Gasteiger charge is 2.15. The van der Waals surface area contributed by atoms with Gasteiger partial charge in [0, 0.05) is 0 Å². The lowest BCUT2D eigenvalue weighted by Gasteiger charge is -2.08. The molecule has 3 rings (SSSR count). The Balaban J connectivity index is 1.53. The van der Waals surface area contributed by atoms with E-state index < -0.39 is 17.6 Å². The molecule has 8 heteroatoms. The third kappa shape index (κ3) is 6.20. The largest absolute Gasteiger partial charge is 0.489 e. The predicted molar refractivity (Wildman–Crippen MR) is 113 cm³/mol. The molecule has 158 valence electrons. The number of para-hydroxylation sites is 1. The summed E-state index contributed by atoms with van der Waals surface area (Å²) in [5.74, 6) is -2.41. The third-order valence-corrected chi connectivity index (χ3v) is 4.24. The second-order valence-corrected chi connectivity index (χ2v) is 6.51. The highest BCUT2D eigenvalue weighted by molar-refractivity contribution is 6.39. The summed E-state index contributed by atoms with van der Waals surface area (Å²) in [6, 6.07) is 18.5. The van der Waals surface area contributed by atoms with Crippen LogP contribution in [0.5, 0.6) is 5.75 Å². The Morgan fingerprint density at radius 1 is 0.903 bits per heavy atom. The summed E-state index contributed by atoms with van der Waals surface area (Å²) < 4.78 is 32.1. The molecule has 0 bridgehead atoms. The predicted octanol–water partition coefficient (Wildman–Crippen LogP) is 4.02. The number of hydrazone groups is 1. The quantitative estimate of drug-likeness (QED) is 0.357. The van der Waals surface area contributed by atoms with Crippen LogP contribution < -0.4 is 15.5 Å². The molecule has 6 nitrogen and oxygen atoms in total. The lowest BCUT2D eigenvalue weighted by Crippen LogP contribution is -2.33. The Morgan fingerprint density at radius 3 is 2.26 bits per heavy atom. The Labute approximate surface area is 177 Å². The Kier molecular flexibility index (Phi) is 7.05. The number of amides is 2. The van der Waals surface area contributed by atoms with Crippen LogP contribution in [0, 0.1) is 11.6 Å². The van der Waals surface area contributed by atoms with Gasteiger partial charge in [-0.05, 0) is 66.6 Å². The van der Waals surface area contributed by atoms with Crippen LogP contribution in [-0.4, -0.2) is 17.5 Å². The van der Waals surface area contributed by atoms with Gasteiger partial charge in [0.2, 0.25) is 0 Å². The van der Waals surface area contributed by atoms with Crippen LogP contribution in [0.3, 0.4) is 0 Å². The van der Waals surface area contributed by atoms with E-state index in [-0.39, 0.29) is 11.5 Å². The first-order valence-electron chi connectivity index (χ1n) is 9.30. The van der Waals surface area contributed by atoms with E-state index in [1.807, 2.05) is 0 Å². The van der Waals surface area contributed by atoms with Crippen molar-refractivity contribution in [2.75, 3.05) is 5.32 Å². The van der Waals surface area contributed by atoms with Gasteiger partial charge in [-0.2, -0.15) is 5.10 Å². The fourth-order valence-corrected chi connectivity index (χ4v) is 2.53. The van der Waals surface area contributed by atoms with Crippen molar-refractivity contribution in [3.63, 3.8) is 0 Å². The molecule has 0 atom stereocenters. The molecule has 31 heavy (non-hydrogen) atoms. The number of rotatable bonds is 6. The summed E-state index contributed by atoms with van der Waals surface area (Å²) in [4.78, 5) is 23.8.